The molecule has 2 aromatic rings. The van der Waals surface area contributed by atoms with Crippen molar-refractivity contribution in [3.8, 4) is 11.5 Å². The average molecular weight is 449 g/mol. The molecule has 2 rings (SSSR count). The summed E-state index contributed by atoms with van der Waals surface area (Å²) in [6.45, 7) is 6.21. The summed E-state index contributed by atoms with van der Waals surface area (Å²) in [6.07, 6.45) is 2.24. The third kappa shape index (κ3) is 8.13. The van der Waals surface area contributed by atoms with Gasteiger partial charge in [-0.05, 0) is 75.6 Å². The molecule has 31 heavy (non-hydrogen) atoms. The molecule has 0 bridgehead atoms. The zero-order chi connectivity index (χ0) is 23.0. The Balaban J connectivity index is 1.77. The van der Waals surface area contributed by atoms with Crippen LogP contribution in [0.4, 0.5) is 5.69 Å². The highest BCUT2D eigenvalue weighted by molar-refractivity contribution is 7.92. The van der Waals surface area contributed by atoms with Gasteiger partial charge in [-0.1, -0.05) is 12.1 Å². The molecule has 1 unspecified atom stereocenters. The molecule has 0 aliphatic heterocycles. The molecule has 0 aliphatic rings. The van der Waals surface area contributed by atoms with Gasteiger partial charge in [0, 0.05) is 13.6 Å². The van der Waals surface area contributed by atoms with Crippen molar-refractivity contribution < 1.29 is 22.7 Å². The van der Waals surface area contributed by atoms with Crippen LogP contribution in [0.15, 0.2) is 48.5 Å². The number of aryl methyl sites for hydroxylation is 1. The molecule has 1 N–H and O–H groups in total. The third-order valence-corrected chi connectivity index (χ3v) is 5.80. The first-order valence-corrected chi connectivity index (χ1v) is 12.1. The van der Waals surface area contributed by atoms with E-state index in [1.165, 1.54) is 11.4 Å². The van der Waals surface area contributed by atoms with E-state index in [1.807, 2.05) is 38.1 Å². The van der Waals surface area contributed by atoms with Crippen LogP contribution in [-0.4, -0.2) is 46.4 Å². The van der Waals surface area contributed by atoms with Crippen LogP contribution in [0.2, 0.25) is 0 Å². The van der Waals surface area contributed by atoms with Crippen molar-refractivity contribution in [2.45, 2.75) is 45.8 Å². The first-order chi connectivity index (χ1) is 14.6. The Labute approximate surface area is 185 Å². The molecule has 0 spiro atoms. The molecule has 0 aliphatic carbocycles. The van der Waals surface area contributed by atoms with Gasteiger partial charge in [0.2, 0.25) is 10.0 Å². The van der Waals surface area contributed by atoms with Crippen molar-refractivity contribution in [1.29, 1.82) is 0 Å². The van der Waals surface area contributed by atoms with Crippen molar-refractivity contribution in [3.63, 3.8) is 0 Å². The number of nitrogens with one attached hydrogen (secondary N) is 1. The average Bonchev–Trinajstić information content (AvgIpc) is 2.70. The summed E-state index contributed by atoms with van der Waals surface area (Å²) in [5.41, 5.74) is 1.69. The van der Waals surface area contributed by atoms with Gasteiger partial charge >= 0.3 is 0 Å². The highest BCUT2D eigenvalue weighted by Crippen LogP contribution is 2.21. The number of nitrogens with zero attached hydrogens (tertiary/aromatic N) is 1. The van der Waals surface area contributed by atoms with Gasteiger partial charge in [0.05, 0.1) is 18.0 Å². The molecule has 2 aromatic carbocycles. The Kier molecular flexibility index (Phi) is 8.74. The van der Waals surface area contributed by atoms with Gasteiger partial charge in [-0.3, -0.25) is 9.10 Å². The highest BCUT2D eigenvalue weighted by Gasteiger charge is 2.15. The highest BCUT2D eigenvalue weighted by atomic mass is 32.2. The van der Waals surface area contributed by atoms with Crippen molar-refractivity contribution in [2.75, 3.05) is 24.2 Å². The lowest BCUT2D eigenvalue weighted by Crippen LogP contribution is -2.36. The quantitative estimate of drug-likeness (QED) is 0.533. The summed E-state index contributed by atoms with van der Waals surface area (Å²) < 4.78 is 35.7. The van der Waals surface area contributed by atoms with E-state index in [0.717, 1.165) is 30.4 Å². The fourth-order valence-corrected chi connectivity index (χ4v) is 3.38. The summed E-state index contributed by atoms with van der Waals surface area (Å²) >= 11 is 0. The molecule has 0 aromatic heterocycles. The largest absolute Gasteiger partial charge is 0.491 e. The van der Waals surface area contributed by atoms with Crippen LogP contribution in [0.3, 0.4) is 0 Å². The first-order valence-electron chi connectivity index (χ1n) is 10.3. The van der Waals surface area contributed by atoms with E-state index in [0.29, 0.717) is 18.0 Å². The SMILES string of the molecule is CC(C)Oc1cccc(CCCNC(=O)C(C)Oc2ccc(N(C)S(C)(=O)=O)cc2)c1. The third-order valence-electron chi connectivity index (χ3n) is 4.59. The summed E-state index contributed by atoms with van der Waals surface area (Å²) in [5, 5.41) is 2.89. The number of ether oxygens (including phenoxy) is 2. The second-order valence-corrected chi connectivity index (χ2v) is 9.71. The molecule has 0 fully saturated rings. The van der Waals surface area contributed by atoms with Gasteiger partial charge < -0.3 is 14.8 Å². The topological polar surface area (TPSA) is 84.9 Å². The fourth-order valence-electron chi connectivity index (χ4n) is 2.88. The van der Waals surface area contributed by atoms with Crippen molar-refractivity contribution in [1.82, 2.24) is 5.32 Å². The van der Waals surface area contributed by atoms with Gasteiger partial charge in [0.25, 0.3) is 5.91 Å². The Morgan fingerprint density at radius 2 is 1.71 bits per heavy atom. The van der Waals surface area contributed by atoms with E-state index < -0.39 is 16.1 Å². The molecule has 8 heteroatoms. The van der Waals surface area contributed by atoms with E-state index in [-0.39, 0.29) is 12.0 Å². The minimum absolute atomic E-state index is 0.132. The molecule has 1 atom stereocenters. The Morgan fingerprint density at radius 1 is 1.03 bits per heavy atom. The molecule has 0 radical (unpaired) electrons. The van der Waals surface area contributed by atoms with Crippen molar-refractivity contribution in [3.05, 3.63) is 54.1 Å². The Bertz CT molecular complexity index is 958. The molecule has 7 nitrogen and oxygen atoms in total. The van der Waals surface area contributed by atoms with E-state index in [9.17, 15) is 13.2 Å². The number of hydrogen-bond acceptors (Lipinski definition) is 5. The van der Waals surface area contributed by atoms with E-state index in [2.05, 4.69) is 5.32 Å². The van der Waals surface area contributed by atoms with Gasteiger partial charge in [0.15, 0.2) is 6.10 Å². The van der Waals surface area contributed by atoms with Crippen LogP contribution in [0, 0.1) is 0 Å². The lowest BCUT2D eigenvalue weighted by atomic mass is 10.1. The number of benzene rings is 2. The van der Waals surface area contributed by atoms with Crippen LogP contribution in [0.1, 0.15) is 32.8 Å². The zero-order valence-electron chi connectivity index (χ0n) is 18.8. The lowest BCUT2D eigenvalue weighted by Gasteiger charge is -2.18. The van der Waals surface area contributed by atoms with Crippen LogP contribution in [0.25, 0.3) is 0 Å². The molecular weight excluding hydrogens is 416 g/mol. The van der Waals surface area contributed by atoms with Crippen LogP contribution < -0.4 is 19.1 Å². The van der Waals surface area contributed by atoms with Gasteiger partial charge in [-0.2, -0.15) is 0 Å². The minimum Gasteiger partial charge on any atom is -0.491 e. The Morgan fingerprint density at radius 3 is 2.32 bits per heavy atom. The number of carbonyl (C=O) groups excluding carboxylic acids is 1. The molecule has 1 amide bonds. The van der Waals surface area contributed by atoms with Crippen molar-refractivity contribution in [2.24, 2.45) is 0 Å². The normalized spacial score (nSPS) is 12.3. The number of sulfonamides is 1. The molecule has 0 heterocycles. The predicted octanol–water partition coefficient (Wildman–Crippen LogP) is 3.39. The fraction of sp³-hybridized carbons (Fsp3) is 0.435. The maximum absolute atomic E-state index is 12.3. The number of rotatable bonds is 11. The standard InChI is InChI=1S/C23H32N2O5S/c1-17(2)29-22-10-6-8-19(16-22)9-7-15-24-23(26)18(3)30-21-13-11-20(12-14-21)25(4)31(5,27)28/h6,8,10-14,16-18H,7,9,15H2,1-5H3,(H,24,26). The summed E-state index contributed by atoms with van der Waals surface area (Å²) in [6, 6.07) is 14.6. The van der Waals surface area contributed by atoms with E-state index in [1.54, 1.807) is 31.2 Å². The molecular formula is C23H32N2O5S. The maximum atomic E-state index is 12.3. The second-order valence-electron chi connectivity index (χ2n) is 7.69. The predicted molar refractivity (Wildman–Crippen MR) is 123 cm³/mol. The molecule has 0 saturated heterocycles. The van der Waals surface area contributed by atoms with Crippen molar-refractivity contribution >= 4 is 21.6 Å². The van der Waals surface area contributed by atoms with Gasteiger partial charge in [0.1, 0.15) is 11.5 Å². The first kappa shape index (κ1) is 24.5. The molecule has 0 saturated carbocycles. The lowest BCUT2D eigenvalue weighted by molar-refractivity contribution is -0.127. The molecule has 170 valence electrons. The number of carbonyl (C=O) groups is 1. The van der Waals surface area contributed by atoms with E-state index >= 15 is 0 Å². The minimum atomic E-state index is -3.32. The van der Waals surface area contributed by atoms with Gasteiger partial charge in [-0.25, -0.2) is 8.42 Å². The van der Waals surface area contributed by atoms with Crippen LogP contribution in [-0.2, 0) is 21.2 Å². The Hall–Kier alpha value is -2.74. The monoisotopic (exact) mass is 448 g/mol. The number of anilines is 1. The number of amides is 1. The van der Waals surface area contributed by atoms with Crippen LogP contribution >= 0.6 is 0 Å². The van der Waals surface area contributed by atoms with E-state index in [4.69, 9.17) is 9.47 Å². The number of hydrogen-bond donors (Lipinski definition) is 1. The zero-order valence-corrected chi connectivity index (χ0v) is 19.6. The van der Waals surface area contributed by atoms with Crippen LogP contribution in [0.5, 0.6) is 11.5 Å². The summed E-state index contributed by atoms with van der Waals surface area (Å²) in [5.74, 6) is 1.15. The maximum Gasteiger partial charge on any atom is 0.260 e. The smallest absolute Gasteiger partial charge is 0.260 e. The second kappa shape index (κ2) is 11.0. The van der Waals surface area contributed by atoms with Gasteiger partial charge in [-0.15, -0.1) is 0 Å². The summed E-state index contributed by atoms with van der Waals surface area (Å²) in [7, 11) is -1.84. The summed E-state index contributed by atoms with van der Waals surface area (Å²) in [4.78, 5) is 12.3.